The Kier molecular flexibility index (Phi) is 10.8. The minimum absolute atomic E-state index is 0.0723. The van der Waals surface area contributed by atoms with Gasteiger partial charge in [0.1, 0.15) is 47.8 Å². The van der Waals surface area contributed by atoms with Gasteiger partial charge in [-0.25, -0.2) is 17.6 Å². The number of nitrogens with one attached hydrogen (secondary N) is 1. The van der Waals surface area contributed by atoms with Crippen LogP contribution in [-0.4, -0.2) is 95.0 Å². The molecule has 0 bridgehead atoms. The zero-order chi connectivity index (χ0) is 37.3. The van der Waals surface area contributed by atoms with Gasteiger partial charge in [0, 0.05) is 43.4 Å². The highest BCUT2D eigenvalue weighted by atomic mass is 32.2. The number of benzene rings is 3. The third kappa shape index (κ3) is 8.09. The van der Waals surface area contributed by atoms with Crippen LogP contribution in [0.25, 0.3) is 0 Å². The van der Waals surface area contributed by atoms with E-state index in [2.05, 4.69) is 10.2 Å². The zero-order valence-corrected chi connectivity index (χ0v) is 31.1. The first-order chi connectivity index (χ1) is 25.5. The van der Waals surface area contributed by atoms with Crippen molar-refractivity contribution >= 4 is 27.7 Å². The zero-order valence-electron chi connectivity index (χ0n) is 30.3. The number of fused-ring (bicyclic) bond motifs is 2. The number of sulfonamides is 1. The molecular formula is C39H47FN4O8S. The largest absolute Gasteiger partial charge is 0.484 e. The van der Waals surface area contributed by atoms with Crippen LogP contribution in [0.5, 0.6) is 17.2 Å². The van der Waals surface area contributed by atoms with Crippen LogP contribution < -0.4 is 19.1 Å². The molecule has 2 unspecified atom stereocenters. The molecule has 3 aromatic carbocycles. The minimum Gasteiger partial charge on any atom is -0.484 e. The Bertz CT molecular complexity index is 1900. The van der Waals surface area contributed by atoms with Gasteiger partial charge in [0.05, 0.1) is 24.6 Å². The number of anilines is 1. The van der Waals surface area contributed by atoms with E-state index in [1.54, 1.807) is 48.3 Å². The third-order valence-corrected chi connectivity index (χ3v) is 11.9. The van der Waals surface area contributed by atoms with Gasteiger partial charge in [-0.3, -0.25) is 9.10 Å². The first-order valence-electron chi connectivity index (χ1n) is 18.4. The fourth-order valence-electron chi connectivity index (χ4n) is 7.96. The molecule has 53 heavy (non-hydrogen) atoms. The number of carbonyl (C=O) groups is 2. The van der Waals surface area contributed by atoms with Gasteiger partial charge >= 0.3 is 6.09 Å². The maximum absolute atomic E-state index is 13.4. The lowest BCUT2D eigenvalue weighted by molar-refractivity contribution is -0.123. The van der Waals surface area contributed by atoms with Crippen molar-refractivity contribution in [3.05, 3.63) is 83.2 Å². The monoisotopic (exact) mass is 750 g/mol. The van der Waals surface area contributed by atoms with Crippen LogP contribution in [0.3, 0.4) is 0 Å². The molecule has 0 saturated carbocycles. The van der Waals surface area contributed by atoms with Crippen LogP contribution in [0, 0.1) is 5.82 Å². The number of likely N-dealkylation sites (tertiary alicyclic amines) is 2. The summed E-state index contributed by atoms with van der Waals surface area (Å²) in [4.78, 5) is 30.8. The van der Waals surface area contributed by atoms with E-state index in [4.69, 9.17) is 18.9 Å². The lowest BCUT2D eigenvalue weighted by atomic mass is 9.88. The first kappa shape index (κ1) is 36.9. The summed E-state index contributed by atoms with van der Waals surface area (Å²) >= 11 is 0. The van der Waals surface area contributed by atoms with E-state index in [9.17, 15) is 22.4 Å². The number of hydrogen-bond acceptors (Lipinski definition) is 9. The Morgan fingerprint density at radius 3 is 2.23 bits per heavy atom. The Balaban J connectivity index is 1.06. The predicted octanol–water partition coefficient (Wildman–Crippen LogP) is 5.89. The lowest BCUT2D eigenvalue weighted by Gasteiger charge is -2.39. The highest BCUT2D eigenvalue weighted by Gasteiger charge is 2.43. The fourth-order valence-corrected chi connectivity index (χ4v) is 8.92. The lowest BCUT2D eigenvalue weighted by Crippen LogP contribution is -2.48. The number of nitrogens with zero attached hydrogens (tertiary/aromatic N) is 3. The molecule has 0 aromatic heterocycles. The Morgan fingerprint density at radius 1 is 0.925 bits per heavy atom. The van der Waals surface area contributed by atoms with Crippen LogP contribution >= 0.6 is 0 Å². The van der Waals surface area contributed by atoms with Crippen molar-refractivity contribution in [2.45, 2.75) is 69.3 Å². The smallest absolute Gasteiger partial charge is 0.409 e. The molecule has 0 aliphatic carbocycles. The summed E-state index contributed by atoms with van der Waals surface area (Å²) in [5.74, 6) is -0.00396. The van der Waals surface area contributed by atoms with Crippen molar-refractivity contribution < 1.29 is 41.3 Å². The molecule has 4 heterocycles. The molecule has 284 valence electrons. The summed E-state index contributed by atoms with van der Waals surface area (Å²) in [6, 6.07) is 16.7. The van der Waals surface area contributed by atoms with Gasteiger partial charge in [0.2, 0.25) is 15.9 Å². The van der Waals surface area contributed by atoms with Gasteiger partial charge in [-0.05, 0) is 93.7 Å². The molecule has 0 radical (unpaired) electrons. The molecule has 3 aromatic rings. The summed E-state index contributed by atoms with van der Waals surface area (Å²) < 4.78 is 65.6. The maximum Gasteiger partial charge on any atom is 0.409 e. The van der Waals surface area contributed by atoms with E-state index < -0.39 is 40.3 Å². The summed E-state index contributed by atoms with van der Waals surface area (Å²) in [6.45, 7) is 5.12. The molecule has 14 heteroatoms. The molecule has 4 aliphatic rings. The number of carbonyl (C=O) groups excluding carboxylic acids is 2. The van der Waals surface area contributed by atoms with Gasteiger partial charge in [-0.15, -0.1) is 0 Å². The fraction of sp³-hybridized carbons (Fsp3) is 0.487. The van der Waals surface area contributed by atoms with Crippen molar-refractivity contribution in [1.29, 1.82) is 0 Å². The van der Waals surface area contributed by atoms with Crippen LogP contribution in [0.15, 0.2) is 60.7 Å². The summed E-state index contributed by atoms with van der Waals surface area (Å²) in [6.07, 6.45) is 4.21. The van der Waals surface area contributed by atoms with E-state index in [-0.39, 0.29) is 24.9 Å². The number of hydrogen-bond donors (Lipinski definition) is 1. The topological polar surface area (TPSA) is 127 Å². The highest BCUT2D eigenvalue weighted by molar-refractivity contribution is 7.92. The van der Waals surface area contributed by atoms with Crippen LogP contribution in [-0.2, 0) is 24.3 Å². The Labute approximate surface area is 310 Å². The highest BCUT2D eigenvalue weighted by Crippen LogP contribution is 2.50. The van der Waals surface area contributed by atoms with E-state index in [0.29, 0.717) is 58.8 Å². The second-order valence-corrected chi connectivity index (χ2v) is 16.2. The summed E-state index contributed by atoms with van der Waals surface area (Å²) in [7, 11) is -2.26. The second-order valence-electron chi connectivity index (χ2n) is 14.3. The van der Waals surface area contributed by atoms with E-state index >= 15 is 0 Å². The van der Waals surface area contributed by atoms with E-state index in [1.165, 1.54) is 47.8 Å². The Morgan fingerprint density at radius 2 is 1.58 bits per heavy atom. The number of piperidine rings is 2. The minimum atomic E-state index is -3.82. The molecule has 12 nitrogen and oxygen atoms in total. The van der Waals surface area contributed by atoms with Crippen LogP contribution in [0.2, 0.25) is 0 Å². The number of amides is 2. The average Bonchev–Trinajstić information content (AvgIpc) is 3.47. The molecule has 2 amide bonds. The molecule has 0 spiro atoms. The standard InChI is InChI=1S/C39H47FN4O8S/c1-25-32-21-33-35(52-37(36(33)38(45)41-2)26-7-11-29(12-8-26)51-30-13-9-27(40)10-14-30)22-34(32)44(53(3,47)48)23-31(50-25)24-49-39(46)43-19-15-28(16-20-43)42-17-5-4-6-18-42/h7-14,21-22,25,28,31,36-37H,4-6,15-20,23-24H2,1-3H3,(H,41,45)/t25-,31-,36?,37?/m0/s1. The number of halogens is 1. The van der Waals surface area contributed by atoms with Gasteiger partial charge in [0.25, 0.3) is 0 Å². The second kappa shape index (κ2) is 15.5. The van der Waals surface area contributed by atoms with Gasteiger partial charge < -0.3 is 34.1 Å². The number of likely N-dealkylation sites (N-methyl/N-ethyl adjacent to an activating group) is 1. The van der Waals surface area contributed by atoms with Gasteiger partial charge in [0.15, 0.2) is 0 Å². The van der Waals surface area contributed by atoms with E-state index in [1.807, 2.05) is 6.92 Å². The van der Waals surface area contributed by atoms with Gasteiger partial charge in [-0.2, -0.15) is 0 Å². The Hall–Kier alpha value is -4.40. The average molecular weight is 751 g/mol. The molecule has 7 rings (SSSR count). The van der Waals surface area contributed by atoms with Crippen molar-refractivity contribution in [3.8, 4) is 17.2 Å². The van der Waals surface area contributed by atoms with Crippen molar-refractivity contribution in [3.63, 3.8) is 0 Å². The molecule has 1 N–H and O–H groups in total. The third-order valence-electron chi connectivity index (χ3n) is 10.7. The van der Waals surface area contributed by atoms with Crippen LogP contribution in [0.4, 0.5) is 14.9 Å². The van der Waals surface area contributed by atoms with Gasteiger partial charge in [-0.1, -0.05) is 18.6 Å². The summed E-state index contributed by atoms with van der Waals surface area (Å²) in [5.41, 5.74) is 2.26. The predicted molar refractivity (Wildman–Crippen MR) is 196 cm³/mol. The maximum atomic E-state index is 13.4. The van der Waals surface area contributed by atoms with Crippen LogP contribution in [0.1, 0.15) is 73.8 Å². The molecule has 4 aliphatic heterocycles. The number of ether oxygens (including phenoxy) is 4. The first-order valence-corrected chi connectivity index (χ1v) is 20.2. The SMILES string of the molecule is CNC(=O)C1c2cc3c(cc2OC1c1ccc(Oc2ccc(F)cc2)cc1)N(S(C)(=O)=O)C[C@@H](COC(=O)N1CCC(N2CCCCC2)CC1)O[C@H]3C. The van der Waals surface area contributed by atoms with E-state index in [0.717, 1.165) is 32.2 Å². The molecule has 4 atom stereocenters. The molecule has 2 fully saturated rings. The van der Waals surface area contributed by atoms with Crippen molar-refractivity contribution in [1.82, 2.24) is 15.1 Å². The summed E-state index contributed by atoms with van der Waals surface area (Å²) in [5, 5.41) is 2.75. The normalized spacial score (nSPS) is 23.7. The van der Waals surface area contributed by atoms with Crippen molar-refractivity contribution in [2.24, 2.45) is 0 Å². The molecular weight excluding hydrogens is 704 g/mol. The molecule has 2 saturated heterocycles. The quantitative estimate of drug-likeness (QED) is 0.300. The number of rotatable bonds is 8. The van der Waals surface area contributed by atoms with Crippen molar-refractivity contribution in [2.75, 3.05) is 56.9 Å².